The minimum atomic E-state index is -1.18. The lowest BCUT2D eigenvalue weighted by molar-refractivity contribution is -0.142. The summed E-state index contributed by atoms with van der Waals surface area (Å²) in [5.74, 6) is -2.62. The molecule has 16 heteroatoms. The summed E-state index contributed by atoms with van der Waals surface area (Å²) in [6.45, 7) is 5.79. The molecule has 0 radical (unpaired) electrons. The van der Waals surface area contributed by atoms with E-state index in [4.69, 9.17) is 24.1 Å². The lowest BCUT2D eigenvalue weighted by Crippen LogP contribution is -2.41. The molecule has 0 saturated carbocycles. The minimum absolute atomic E-state index is 0.0230. The molecule has 0 heterocycles. The lowest BCUT2D eigenvalue weighted by Gasteiger charge is -2.14. The maximum absolute atomic E-state index is 12.3. The molecule has 16 nitrogen and oxygen atoms in total. The Kier molecular flexibility index (Phi) is 36.7. The fourth-order valence-corrected chi connectivity index (χ4v) is 5.77. The zero-order chi connectivity index (χ0) is 43.1. The van der Waals surface area contributed by atoms with Gasteiger partial charge in [-0.25, -0.2) is 4.79 Å². The van der Waals surface area contributed by atoms with E-state index in [1.807, 2.05) is 6.92 Å². The zero-order valence-corrected chi connectivity index (χ0v) is 35.5. The smallest absolute Gasteiger partial charge is 0.326 e. The molecule has 58 heavy (non-hydrogen) atoms. The van der Waals surface area contributed by atoms with Crippen molar-refractivity contribution < 1.29 is 62.7 Å². The van der Waals surface area contributed by atoms with E-state index in [0.29, 0.717) is 39.0 Å². The van der Waals surface area contributed by atoms with Crippen molar-refractivity contribution in [1.29, 1.82) is 0 Å². The standard InChI is InChI=1S/C42H75N3O13/c1-34(35(2)46)18-15-16-24-43-40(50)33-58-31-28-55-26-17-19-36(47)32-57-30-29-56-27-25-44-38(48)23-22-37(42(53)54)45-39(49)20-13-11-9-7-5-3-4-6-8-10-12-14-21-41(51)52/h34,37H,3-33H2,1-2H3,(H,43,50)(H,44,48)(H,45,49)(H,51,52)(H,53,54)/t34-,37-/m0/s1. The van der Waals surface area contributed by atoms with Crippen molar-refractivity contribution in [2.45, 2.75) is 155 Å². The number of carboxylic acid groups (broad SMARTS) is 2. The number of carboxylic acids is 2. The van der Waals surface area contributed by atoms with Crippen molar-refractivity contribution in [1.82, 2.24) is 16.0 Å². The number of ketones is 2. The Bertz CT molecular complexity index is 1140. The van der Waals surface area contributed by atoms with E-state index >= 15 is 0 Å². The summed E-state index contributed by atoms with van der Waals surface area (Å²) in [5.41, 5.74) is 0. The van der Waals surface area contributed by atoms with Gasteiger partial charge < -0.3 is 45.1 Å². The van der Waals surface area contributed by atoms with Crippen molar-refractivity contribution in [2.75, 3.05) is 65.9 Å². The van der Waals surface area contributed by atoms with Crippen LogP contribution in [-0.2, 0) is 52.5 Å². The lowest BCUT2D eigenvalue weighted by atomic mass is 10.0. The molecule has 2 atom stereocenters. The highest BCUT2D eigenvalue weighted by Crippen LogP contribution is 2.13. The van der Waals surface area contributed by atoms with Gasteiger partial charge >= 0.3 is 11.9 Å². The molecule has 0 aromatic carbocycles. The van der Waals surface area contributed by atoms with Gasteiger partial charge in [0.05, 0.1) is 33.0 Å². The Hall–Kier alpha value is -3.47. The molecule has 3 amide bonds. The summed E-state index contributed by atoms with van der Waals surface area (Å²) < 4.78 is 21.5. The summed E-state index contributed by atoms with van der Waals surface area (Å²) in [5, 5.41) is 26.1. The van der Waals surface area contributed by atoms with Crippen LogP contribution in [0.25, 0.3) is 0 Å². The second-order valence-electron chi connectivity index (χ2n) is 14.8. The number of unbranched alkanes of at least 4 members (excludes halogenated alkanes) is 12. The molecule has 0 aliphatic heterocycles. The van der Waals surface area contributed by atoms with Crippen LogP contribution in [0.4, 0.5) is 0 Å². The van der Waals surface area contributed by atoms with Crippen molar-refractivity contribution in [3.05, 3.63) is 0 Å². The highest BCUT2D eigenvalue weighted by molar-refractivity contribution is 5.84. The van der Waals surface area contributed by atoms with E-state index in [9.17, 15) is 38.7 Å². The molecule has 0 rings (SSSR count). The molecule has 0 aliphatic carbocycles. The van der Waals surface area contributed by atoms with Crippen LogP contribution in [0, 0.1) is 5.92 Å². The monoisotopic (exact) mass is 830 g/mol. The van der Waals surface area contributed by atoms with Crippen molar-refractivity contribution in [3.8, 4) is 0 Å². The molecular formula is C42H75N3O13. The van der Waals surface area contributed by atoms with E-state index in [1.165, 1.54) is 19.3 Å². The van der Waals surface area contributed by atoms with Crippen molar-refractivity contribution in [3.63, 3.8) is 0 Å². The third kappa shape index (κ3) is 38.1. The molecule has 0 bridgehead atoms. The van der Waals surface area contributed by atoms with Crippen molar-refractivity contribution in [2.24, 2.45) is 5.92 Å². The van der Waals surface area contributed by atoms with E-state index in [0.717, 1.165) is 70.6 Å². The predicted octanol–water partition coefficient (Wildman–Crippen LogP) is 4.93. The maximum Gasteiger partial charge on any atom is 0.326 e. The first kappa shape index (κ1) is 54.5. The highest BCUT2D eigenvalue weighted by atomic mass is 16.5. The van der Waals surface area contributed by atoms with Crippen molar-refractivity contribution >= 4 is 41.2 Å². The Morgan fingerprint density at radius 1 is 0.483 bits per heavy atom. The van der Waals surface area contributed by atoms with E-state index in [-0.39, 0.29) is 107 Å². The molecule has 0 fully saturated rings. The largest absolute Gasteiger partial charge is 0.481 e. The molecule has 0 aromatic heterocycles. The molecule has 0 unspecified atom stereocenters. The number of hydrogen-bond donors (Lipinski definition) is 5. The minimum Gasteiger partial charge on any atom is -0.481 e. The molecule has 5 N–H and O–H groups in total. The predicted molar refractivity (Wildman–Crippen MR) is 218 cm³/mol. The number of ether oxygens (including phenoxy) is 4. The summed E-state index contributed by atoms with van der Waals surface area (Å²) in [4.78, 5) is 81.6. The summed E-state index contributed by atoms with van der Waals surface area (Å²) in [6.07, 6.45) is 16.1. The van der Waals surface area contributed by atoms with Crippen LogP contribution in [-0.4, -0.2) is 123 Å². The summed E-state index contributed by atoms with van der Waals surface area (Å²) in [6, 6.07) is -1.14. The first-order valence-corrected chi connectivity index (χ1v) is 21.5. The van der Waals surface area contributed by atoms with Gasteiger partial charge in [-0.05, 0) is 45.4 Å². The van der Waals surface area contributed by atoms with Crippen LogP contribution < -0.4 is 16.0 Å². The molecule has 0 saturated heterocycles. The van der Waals surface area contributed by atoms with E-state index in [1.54, 1.807) is 6.92 Å². The van der Waals surface area contributed by atoms with Gasteiger partial charge in [0, 0.05) is 51.3 Å². The Morgan fingerprint density at radius 2 is 1.02 bits per heavy atom. The zero-order valence-electron chi connectivity index (χ0n) is 35.5. The number of amides is 3. The van der Waals surface area contributed by atoms with Gasteiger partial charge in [-0.15, -0.1) is 0 Å². The third-order valence-electron chi connectivity index (χ3n) is 9.47. The first-order valence-electron chi connectivity index (χ1n) is 21.5. The number of rotatable bonds is 43. The topological polar surface area (TPSA) is 233 Å². The van der Waals surface area contributed by atoms with Crippen LogP contribution >= 0.6 is 0 Å². The van der Waals surface area contributed by atoms with Gasteiger partial charge in [0.15, 0.2) is 5.78 Å². The highest BCUT2D eigenvalue weighted by Gasteiger charge is 2.21. The van der Waals surface area contributed by atoms with E-state index < -0.39 is 18.0 Å². The quantitative estimate of drug-likeness (QED) is 0.0514. The van der Waals surface area contributed by atoms with Gasteiger partial charge in [0.1, 0.15) is 25.0 Å². The van der Waals surface area contributed by atoms with Gasteiger partial charge in [0.25, 0.3) is 0 Å². The Labute approximate surface area is 346 Å². The van der Waals surface area contributed by atoms with E-state index in [2.05, 4.69) is 16.0 Å². The SMILES string of the molecule is CC(=O)[C@@H](C)CCCCNC(=O)COCCOCCCC(=O)COCCOCCNC(=O)CC[C@H](NC(=O)CCCCCCCCCCCCCCC(=O)O)C(=O)O. The Morgan fingerprint density at radius 3 is 1.60 bits per heavy atom. The van der Waals surface area contributed by atoms with Gasteiger partial charge in [-0.2, -0.15) is 0 Å². The number of nitrogens with one attached hydrogen (secondary N) is 3. The average molecular weight is 830 g/mol. The average Bonchev–Trinajstić information content (AvgIpc) is 3.17. The molecule has 0 aliphatic rings. The molecule has 0 aromatic rings. The Balaban J connectivity index is 3.66. The second-order valence-corrected chi connectivity index (χ2v) is 14.8. The molecule has 336 valence electrons. The molecular weight excluding hydrogens is 754 g/mol. The third-order valence-corrected chi connectivity index (χ3v) is 9.47. The fourth-order valence-electron chi connectivity index (χ4n) is 5.77. The summed E-state index contributed by atoms with van der Waals surface area (Å²) in [7, 11) is 0. The normalized spacial score (nSPS) is 12.1. The van der Waals surface area contributed by atoms with Crippen LogP contribution in [0.1, 0.15) is 149 Å². The van der Waals surface area contributed by atoms with Gasteiger partial charge in [0.2, 0.25) is 17.7 Å². The number of carbonyl (C=O) groups excluding carboxylic acids is 5. The van der Waals surface area contributed by atoms with Crippen LogP contribution in [0.15, 0.2) is 0 Å². The number of Topliss-reactive ketones (excluding diaryl/α,β-unsaturated/α-hetero) is 2. The van der Waals surface area contributed by atoms with Crippen LogP contribution in [0.2, 0.25) is 0 Å². The fraction of sp³-hybridized carbons (Fsp3) is 0.833. The first-order chi connectivity index (χ1) is 27.9. The van der Waals surface area contributed by atoms with Crippen LogP contribution in [0.5, 0.6) is 0 Å². The summed E-state index contributed by atoms with van der Waals surface area (Å²) >= 11 is 0. The maximum atomic E-state index is 12.3. The molecule has 0 spiro atoms. The number of carbonyl (C=O) groups is 7. The number of aliphatic carboxylic acids is 2. The number of hydrogen-bond acceptors (Lipinski definition) is 11. The second kappa shape index (κ2) is 39.0. The van der Waals surface area contributed by atoms with Crippen LogP contribution in [0.3, 0.4) is 0 Å². The van der Waals surface area contributed by atoms with Gasteiger partial charge in [-0.3, -0.25) is 28.8 Å². The van der Waals surface area contributed by atoms with Gasteiger partial charge in [-0.1, -0.05) is 77.6 Å².